The molecule has 1 aromatic heterocycles. The fourth-order valence-electron chi connectivity index (χ4n) is 1.15. The summed E-state index contributed by atoms with van der Waals surface area (Å²) < 4.78 is 25.8. The summed E-state index contributed by atoms with van der Waals surface area (Å²) >= 11 is 0. The Bertz CT molecular complexity index is 335. The highest BCUT2D eigenvalue weighted by molar-refractivity contribution is 5.95. The van der Waals surface area contributed by atoms with Gasteiger partial charge in [-0.1, -0.05) is 0 Å². The van der Waals surface area contributed by atoms with Crippen LogP contribution in [0.1, 0.15) is 21.7 Å². The summed E-state index contributed by atoms with van der Waals surface area (Å²) in [7, 11) is 1.43. The van der Waals surface area contributed by atoms with Crippen LogP contribution in [0.25, 0.3) is 0 Å². The normalized spacial score (nSPS) is 10.4. The van der Waals surface area contributed by atoms with Crippen LogP contribution in [0.4, 0.5) is 8.78 Å². The van der Waals surface area contributed by atoms with Gasteiger partial charge < -0.3 is 5.73 Å². The molecule has 72 valence electrons. The number of aromatic nitrogens is 2. The predicted octanol–water partition coefficient (Wildman–Crippen LogP) is 0.458. The van der Waals surface area contributed by atoms with Crippen LogP contribution in [0.5, 0.6) is 0 Å². The van der Waals surface area contributed by atoms with Gasteiger partial charge in [-0.25, -0.2) is 8.78 Å². The maximum absolute atomic E-state index is 12.4. The van der Waals surface area contributed by atoms with Crippen LogP contribution in [0.2, 0.25) is 0 Å². The van der Waals surface area contributed by atoms with E-state index in [1.807, 2.05) is 0 Å². The van der Waals surface area contributed by atoms with Gasteiger partial charge in [0.2, 0.25) is 0 Å². The quantitative estimate of drug-likeness (QED) is 0.750. The highest BCUT2D eigenvalue weighted by Gasteiger charge is 2.19. The number of hydrogen-bond acceptors (Lipinski definition) is 2. The number of nitrogens with two attached hydrogens (primary N) is 1. The van der Waals surface area contributed by atoms with Crippen molar-refractivity contribution in [1.82, 2.24) is 9.78 Å². The van der Waals surface area contributed by atoms with Crippen molar-refractivity contribution in [3.8, 4) is 0 Å². The lowest BCUT2D eigenvalue weighted by Gasteiger charge is -1.97. The average molecular weight is 189 g/mol. The van der Waals surface area contributed by atoms with Gasteiger partial charge in [-0.3, -0.25) is 9.48 Å². The number of nitrogens with zero attached hydrogens (tertiary/aromatic N) is 2. The van der Waals surface area contributed by atoms with Crippen molar-refractivity contribution >= 4 is 5.91 Å². The Balaban J connectivity index is 3.32. The number of rotatable bonds is 3. The molecule has 1 amide bonds. The number of carbonyl (C=O) groups excluding carboxylic acids is 1. The second kappa shape index (κ2) is 3.51. The summed E-state index contributed by atoms with van der Waals surface area (Å²) in [6.45, 7) is -1.81. The van der Waals surface area contributed by atoms with E-state index in [2.05, 4.69) is 5.10 Å². The number of primary amides is 1. The van der Waals surface area contributed by atoms with E-state index in [0.29, 0.717) is 0 Å². The van der Waals surface area contributed by atoms with Gasteiger partial charge in [-0.15, -0.1) is 0 Å². The van der Waals surface area contributed by atoms with Crippen LogP contribution >= 0.6 is 0 Å². The molecule has 0 saturated carbocycles. The van der Waals surface area contributed by atoms with Gasteiger partial charge in [0.25, 0.3) is 5.91 Å². The number of carbonyl (C=O) groups is 1. The van der Waals surface area contributed by atoms with Crippen molar-refractivity contribution in [2.24, 2.45) is 12.8 Å². The standard InChI is InChI=1S/C7H9F2N3O/c1-12-5(3-9)6(7(10)13)4(2-8)11-12/h2-3H2,1H3,(H2,10,13). The van der Waals surface area contributed by atoms with E-state index in [-0.39, 0.29) is 17.0 Å². The summed E-state index contributed by atoms with van der Waals surface area (Å²) in [5.41, 5.74) is 4.71. The fourth-order valence-corrected chi connectivity index (χ4v) is 1.15. The summed E-state index contributed by atoms with van der Waals surface area (Å²) in [4.78, 5) is 10.8. The third kappa shape index (κ3) is 1.51. The maximum atomic E-state index is 12.4. The Morgan fingerprint density at radius 2 is 2.15 bits per heavy atom. The van der Waals surface area contributed by atoms with Crippen LogP contribution in [0, 0.1) is 0 Å². The minimum absolute atomic E-state index is 0.0140. The van der Waals surface area contributed by atoms with Crippen molar-refractivity contribution in [2.75, 3.05) is 0 Å². The van der Waals surface area contributed by atoms with Gasteiger partial charge >= 0.3 is 0 Å². The number of hydrogen-bond donors (Lipinski definition) is 1. The van der Waals surface area contributed by atoms with Gasteiger partial charge in [0.1, 0.15) is 19.0 Å². The van der Waals surface area contributed by atoms with Gasteiger partial charge in [0.15, 0.2) is 0 Å². The Morgan fingerprint density at radius 1 is 1.54 bits per heavy atom. The molecule has 0 unspecified atom stereocenters. The summed E-state index contributed by atoms with van der Waals surface area (Å²) in [6.07, 6.45) is 0. The van der Waals surface area contributed by atoms with Crippen molar-refractivity contribution in [1.29, 1.82) is 0 Å². The van der Waals surface area contributed by atoms with Crippen LogP contribution < -0.4 is 5.73 Å². The highest BCUT2D eigenvalue weighted by Crippen LogP contribution is 2.15. The van der Waals surface area contributed by atoms with Gasteiger partial charge in [-0.05, 0) is 0 Å². The molecule has 4 nitrogen and oxygen atoms in total. The van der Waals surface area contributed by atoms with Crippen LogP contribution in [-0.4, -0.2) is 15.7 Å². The molecule has 6 heteroatoms. The van der Waals surface area contributed by atoms with Gasteiger partial charge in [0.05, 0.1) is 11.3 Å². The molecule has 1 rings (SSSR count). The monoisotopic (exact) mass is 189 g/mol. The molecule has 0 bridgehead atoms. The van der Waals surface area contributed by atoms with Crippen LogP contribution in [0.15, 0.2) is 0 Å². The lowest BCUT2D eigenvalue weighted by molar-refractivity contribution is 0.0997. The molecular weight excluding hydrogens is 180 g/mol. The zero-order chi connectivity index (χ0) is 10.0. The molecule has 0 aliphatic rings. The first-order valence-electron chi connectivity index (χ1n) is 3.58. The number of aryl methyl sites for hydroxylation is 1. The third-order valence-electron chi connectivity index (χ3n) is 1.74. The smallest absolute Gasteiger partial charge is 0.252 e. The average Bonchev–Trinajstić information content (AvgIpc) is 2.41. The minimum Gasteiger partial charge on any atom is -0.365 e. The first-order valence-corrected chi connectivity index (χ1v) is 3.58. The Labute approximate surface area is 73.3 Å². The van der Waals surface area contributed by atoms with Crippen molar-refractivity contribution < 1.29 is 13.6 Å². The molecule has 0 aliphatic carbocycles. The minimum atomic E-state index is -0.924. The Kier molecular flexibility index (Phi) is 2.60. The second-order valence-electron chi connectivity index (χ2n) is 2.52. The summed E-state index contributed by atoms with van der Waals surface area (Å²) in [5, 5.41) is 3.62. The van der Waals surface area contributed by atoms with Gasteiger partial charge in [-0.2, -0.15) is 5.10 Å². The molecule has 0 aromatic carbocycles. The number of alkyl halides is 2. The first-order chi connectivity index (χ1) is 6.11. The molecule has 0 fully saturated rings. The molecule has 0 spiro atoms. The number of amides is 1. The summed E-state index contributed by atoms with van der Waals surface area (Å²) in [5.74, 6) is -0.853. The molecule has 0 radical (unpaired) electrons. The zero-order valence-electron chi connectivity index (χ0n) is 7.05. The molecule has 0 saturated heterocycles. The highest BCUT2D eigenvalue weighted by atomic mass is 19.1. The molecular formula is C7H9F2N3O. The molecule has 1 heterocycles. The predicted molar refractivity (Wildman–Crippen MR) is 41.3 cm³/mol. The van der Waals surface area contributed by atoms with Crippen molar-refractivity contribution in [2.45, 2.75) is 13.3 Å². The summed E-state index contributed by atoms with van der Waals surface area (Å²) in [6, 6.07) is 0. The molecule has 0 atom stereocenters. The van der Waals surface area contributed by atoms with E-state index < -0.39 is 19.3 Å². The van der Waals surface area contributed by atoms with Crippen molar-refractivity contribution in [3.05, 3.63) is 17.0 Å². The van der Waals surface area contributed by atoms with E-state index >= 15 is 0 Å². The van der Waals surface area contributed by atoms with Crippen LogP contribution in [0.3, 0.4) is 0 Å². The maximum Gasteiger partial charge on any atom is 0.252 e. The first kappa shape index (κ1) is 9.63. The van der Waals surface area contributed by atoms with E-state index in [9.17, 15) is 13.6 Å². The van der Waals surface area contributed by atoms with E-state index in [4.69, 9.17) is 5.73 Å². The molecule has 1 aromatic rings. The topological polar surface area (TPSA) is 60.9 Å². The molecule has 2 N–H and O–H groups in total. The van der Waals surface area contributed by atoms with E-state index in [0.717, 1.165) is 4.68 Å². The number of halogens is 2. The fraction of sp³-hybridized carbons (Fsp3) is 0.429. The Hall–Kier alpha value is -1.46. The lowest BCUT2D eigenvalue weighted by atomic mass is 10.2. The largest absolute Gasteiger partial charge is 0.365 e. The Morgan fingerprint density at radius 3 is 2.54 bits per heavy atom. The van der Waals surface area contributed by atoms with E-state index in [1.165, 1.54) is 7.05 Å². The SMILES string of the molecule is Cn1nc(CF)c(C(N)=O)c1CF. The second-order valence-corrected chi connectivity index (χ2v) is 2.52. The van der Waals surface area contributed by atoms with Crippen molar-refractivity contribution in [3.63, 3.8) is 0 Å². The third-order valence-corrected chi connectivity index (χ3v) is 1.74. The molecule has 0 aliphatic heterocycles. The van der Waals surface area contributed by atoms with Gasteiger partial charge in [0, 0.05) is 7.05 Å². The molecule has 13 heavy (non-hydrogen) atoms. The zero-order valence-corrected chi connectivity index (χ0v) is 7.05. The van der Waals surface area contributed by atoms with E-state index in [1.54, 1.807) is 0 Å². The van der Waals surface area contributed by atoms with Crippen LogP contribution in [-0.2, 0) is 20.4 Å². The lowest BCUT2D eigenvalue weighted by Crippen LogP contribution is -2.14.